The summed E-state index contributed by atoms with van der Waals surface area (Å²) < 4.78 is 16.3. The van der Waals surface area contributed by atoms with Crippen LogP contribution in [0.15, 0.2) is 0 Å². The van der Waals surface area contributed by atoms with Crippen LogP contribution in [0.4, 0.5) is 0 Å². The number of ether oxygens (including phenoxy) is 3. The van der Waals surface area contributed by atoms with Crippen molar-refractivity contribution in [2.24, 2.45) is 0 Å². The first-order valence-electron chi connectivity index (χ1n) is 12.1. The van der Waals surface area contributed by atoms with E-state index < -0.39 is 18.1 Å². The molecule has 0 rings (SSSR count). The van der Waals surface area contributed by atoms with Gasteiger partial charge in [-0.2, -0.15) is 0 Å². The Balaban J connectivity index is 4.36. The molecule has 0 spiro atoms. The molecule has 0 heterocycles. The van der Waals surface area contributed by atoms with Crippen molar-refractivity contribution in [3.05, 3.63) is 0 Å². The second kappa shape index (κ2) is 17.8. The second-order valence-corrected chi connectivity index (χ2v) is 9.19. The van der Waals surface area contributed by atoms with E-state index in [1.54, 1.807) is 28.1 Å². The molecule has 2 atom stereocenters. The van der Waals surface area contributed by atoms with Crippen molar-refractivity contribution in [3.63, 3.8) is 0 Å². The van der Waals surface area contributed by atoms with Gasteiger partial charge >= 0.3 is 11.9 Å². The topological polar surface area (TPSA) is 102 Å². The van der Waals surface area contributed by atoms with Crippen molar-refractivity contribution in [2.45, 2.75) is 96.6 Å². The van der Waals surface area contributed by atoms with E-state index in [0.29, 0.717) is 6.42 Å². The fourth-order valence-corrected chi connectivity index (χ4v) is 3.28. The summed E-state index contributed by atoms with van der Waals surface area (Å²) in [6.45, 7) is 4.02. The number of hydrogen-bond acceptors (Lipinski definition) is 7. The number of carbonyl (C=O) groups excluding carboxylic acids is 3. The third-order valence-electron chi connectivity index (χ3n) is 5.30. The predicted molar refractivity (Wildman–Crippen MR) is 121 cm³/mol. The minimum absolute atomic E-state index is 0.0388. The molecule has 8 nitrogen and oxygen atoms in total. The number of aliphatic carboxylic acids is 1. The van der Waals surface area contributed by atoms with Crippen LogP contribution < -0.4 is 5.11 Å². The predicted octanol–water partition coefficient (Wildman–Crippen LogP) is 2.61. The highest BCUT2D eigenvalue weighted by Crippen LogP contribution is 2.11. The van der Waals surface area contributed by atoms with Crippen LogP contribution in [0.5, 0.6) is 0 Å². The monoisotopic (exact) mass is 459 g/mol. The summed E-state index contributed by atoms with van der Waals surface area (Å²) in [7, 11) is 5.33. The van der Waals surface area contributed by atoms with Gasteiger partial charge in [-0.3, -0.25) is 9.59 Å². The molecule has 0 bridgehead atoms. The molecular weight excluding hydrogens is 414 g/mol. The van der Waals surface area contributed by atoms with E-state index in [9.17, 15) is 19.5 Å². The Morgan fingerprint density at radius 2 is 1.44 bits per heavy atom. The number of quaternary nitrogens is 1. The Bertz CT molecular complexity index is 531. The highest BCUT2D eigenvalue weighted by molar-refractivity contribution is 5.70. The fourth-order valence-electron chi connectivity index (χ4n) is 3.28. The molecule has 0 N–H and O–H groups in total. The molecule has 0 amide bonds. The van der Waals surface area contributed by atoms with Gasteiger partial charge in [-0.15, -0.1) is 0 Å². The van der Waals surface area contributed by atoms with E-state index in [2.05, 4.69) is 6.92 Å². The standard InChI is InChI=1S/C24H45NO7/c1-6-8-9-10-11-12-13-14-15-23(27)32-20(19-31-22(26)7-2)18-30-17-16-21(24(28)29)25(3,4)5/h20-21H,6-19H2,1-5H3. The molecular formula is C24H45NO7. The van der Waals surface area contributed by atoms with Crippen molar-refractivity contribution in [1.29, 1.82) is 0 Å². The Morgan fingerprint density at radius 3 is 1.97 bits per heavy atom. The largest absolute Gasteiger partial charge is 0.544 e. The van der Waals surface area contributed by atoms with E-state index in [4.69, 9.17) is 14.2 Å². The smallest absolute Gasteiger partial charge is 0.306 e. The third kappa shape index (κ3) is 16.0. The van der Waals surface area contributed by atoms with Crippen LogP contribution >= 0.6 is 0 Å². The first-order chi connectivity index (χ1) is 15.1. The van der Waals surface area contributed by atoms with Gasteiger partial charge in [0.1, 0.15) is 12.6 Å². The molecule has 0 saturated heterocycles. The summed E-state index contributed by atoms with van der Waals surface area (Å²) in [5, 5.41) is 11.3. The van der Waals surface area contributed by atoms with Crippen LogP contribution in [0.25, 0.3) is 0 Å². The lowest BCUT2D eigenvalue weighted by molar-refractivity contribution is -0.889. The second-order valence-electron chi connectivity index (χ2n) is 9.19. The Morgan fingerprint density at radius 1 is 0.844 bits per heavy atom. The Labute approximate surface area is 194 Å². The highest BCUT2D eigenvalue weighted by atomic mass is 16.6. The van der Waals surface area contributed by atoms with Gasteiger partial charge < -0.3 is 28.6 Å². The average molecular weight is 460 g/mol. The molecule has 0 aromatic heterocycles. The van der Waals surface area contributed by atoms with Gasteiger partial charge in [0.05, 0.1) is 40.3 Å². The van der Waals surface area contributed by atoms with Crippen LogP contribution in [0.3, 0.4) is 0 Å². The molecule has 32 heavy (non-hydrogen) atoms. The van der Waals surface area contributed by atoms with E-state index in [1.165, 1.54) is 32.1 Å². The lowest BCUT2D eigenvalue weighted by Gasteiger charge is -2.34. The van der Waals surface area contributed by atoms with Crippen LogP contribution in [0, 0.1) is 0 Å². The zero-order valence-electron chi connectivity index (χ0n) is 20.9. The van der Waals surface area contributed by atoms with Gasteiger partial charge in [-0.05, 0) is 6.42 Å². The van der Waals surface area contributed by atoms with Crippen molar-refractivity contribution < 1.29 is 38.2 Å². The maximum absolute atomic E-state index is 12.2. The molecule has 0 aromatic rings. The summed E-state index contributed by atoms with van der Waals surface area (Å²) >= 11 is 0. The van der Waals surface area contributed by atoms with E-state index >= 15 is 0 Å². The molecule has 0 aromatic carbocycles. The number of nitrogens with zero attached hydrogens (tertiary/aromatic N) is 1. The number of carbonyl (C=O) groups is 3. The van der Waals surface area contributed by atoms with Gasteiger partial charge in [0.2, 0.25) is 0 Å². The van der Waals surface area contributed by atoms with Crippen molar-refractivity contribution in [3.8, 4) is 0 Å². The van der Waals surface area contributed by atoms with Gasteiger partial charge in [-0.25, -0.2) is 0 Å². The minimum Gasteiger partial charge on any atom is -0.544 e. The van der Waals surface area contributed by atoms with Crippen LogP contribution in [-0.4, -0.2) is 75.5 Å². The van der Waals surface area contributed by atoms with Crippen LogP contribution in [-0.2, 0) is 28.6 Å². The van der Waals surface area contributed by atoms with Gasteiger partial charge in [0.15, 0.2) is 6.10 Å². The number of hydrogen-bond donors (Lipinski definition) is 0. The highest BCUT2D eigenvalue weighted by Gasteiger charge is 2.25. The quantitative estimate of drug-likeness (QED) is 0.157. The van der Waals surface area contributed by atoms with Gasteiger partial charge in [-0.1, -0.05) is 58.8 Å². The Kier molecular flexibility index (Phi) is 16.9. The molecule has 0 aliphatic rings. The molecule has 2 unspecified atom stereocenters. The number of unbranched alkanes of at least 4 members (excludes halogenated alkanes) is 7. The lowest BCUT2D eigenvalue weighted by atomic mass is 10.1. The molecule has 0 aliphatic heterocycles. The number of carboxylic acids is 1. The summed E-state index contributed by atoms with van der Waals surface area (Å²) in [6, 6.07) is -0.712. The third-order valence-corrected chi connectivity index (χ3v) is 5.30. The minimum atomic E-state index is -1.13. The van der Waals surface area contributed by atoms with E-state index in [1.807, 2.05) is 0 Å². The number of esters is 2. The molecule has 0 fully saturated rings. The van der Waals surface area contributed by atoms with Crippen molar-refractivity contribution >= 4 is 17.9 Å². The van der Waals surface area contributed by atoms with Crippen molar-refractivity contribution in [2.75, 3.05) is 41.0 Å². The number of likely N-dealkylation sites (N-methyl/N-ethyl adjacent to an activating group) is 1. The summed E-state index contributed by atoms with van der Waals surface area (Å²) in [5.74, 6) is -1.85. The maximum Gasteiger partial charge on any atom is 0.306 e. The average Bonchev–Trinajstić information content (AvgIpc) is 2.71. The van der Waals surface area contributed by atoms with Crippen LogP contribution in [0.2, 0.25) is 0 Å². The first kappa shape index (κ1) is 30.3. The zero-order valence-corrected chi connectivity index (χ0v) is 20.9. The Hall–Kier alpha value is -1.67. The lowest BCUT2D eigenvalue weighted by Crippen LogP contribution is -2.55. The maximum atomic E-state index is 12.2. The summed E-state index contributed by atoms with van der Waals surface area (Å²) in [4.78, 5) is 35.0. The zero-order chi connectivity index (χ0) is 24.4. The first-order valence-corrected chi connectivity index (χ1v) is 12.1. The van der Waals surface area contributed by atoms with Gasteiger partial charge in [0.25, 0.3) is 0 Å². The molecule has 8 heteroatoms. The summed E-state index contributed by atoms with van der Waals surface area (Å²) in [6.07, 6.45) is 9.20. The fraction of sp³-hybridized carbons (Fsp3) is 0.875. The molecule has 0 saturated carbocycles. The van der Waals surface area contributed by atoms with Crippen molar-refractivity contribution in [1.82, 2.24) is 0 Å². The van der Waals surface area contributed by atoms with E-state index in [0.717, 1.165) is 19.3 Å². The number of carboxylic acid groups (broad SMARTS) is 1. The molecule has 0 radical (unpaired) electrons. The summed E-state index contributed by atoms with van der Waals surface area (Å²) in [5.41, 5.74) is 0. The van der Waals surface area contributed by atoms with Crippen LogP contribution in [0.1, 0.15) is 84.5 Å². The SMILES string of the molecule is CCCCCCCCCCC(=O)OC(COCCC(C(=O)[O-])[N+](C)(C)C)COC(=O)CC. The van der Waals surface area contributed by atoms with E-state index in [-0.39, 0.29) is 49.1 Å². The normalized spacial score (nSPS) is 13.4. The molecule has 0 aliphatic carbocycles. The number of rotatable bonds is 20. The molecule has 188 valence electrons. The van der Waals surface area contributed by atoms with Gasteiger partial charge in [0, 0.05) is 19.3 Å².